The first kappa shape index (κ1) is 10.3. The molecule has 0 fully saturated rings. The Labute approximate surface area is 78.1 Å². The Bertz CT molecular complexity index is 388. The summed E-state index contributed by atoms with van der Waals surface area (Å²) in [7, 11) is 0. The minimum atomic E-state index is -2.97. The van der Waals surface area contributed by atoms with Crippen LogP contribution in [0.1, 0.15) is 23.2 Å². The lowest BCUT2D eigenvalue weighted by molar-refractivity contribution is 0.146. The largest absolute Gasteiger partial charge is 0.506 e. The van der Waals surface area contributed by atoms with Gasteiger partial charge >= 0.3 is 0 Å². The number of aliphatic hydroxyl groups is 1. The second-order valence-electron chi connectivity index (χ2n) is 2.45. The summed E-state index contributed by atoms with van der Waals surface area (Å²) in [5, 5.41) is 26.3. The Morgan fingerprint density at radius 1 is 1.57 bits per heavy atom. The van der Waals surface area contributed by atoms with Gasteiger partial charge in [0.25, 0.3) is 6.43 Å². The highest BCUT2D eigenvalue weighted by molar-refractivity contribution is 5.48. The van der Waals surface area contributed by atoms with Crippen molar-refractivity contribution in [1.82, 2.24) is 4.98 Å². The topological polar surface area (TPSA) is 77.1 Å². The summed E-state index contributed by atoms with van der Waals surface area (Å²) in [6.45, 7) is -0.622. The molecule has 0 aliphatic rings. The van der Waals surface area contributed by atoms with Crippen molar-refractivity contribution >= 4 is 0 Å². The maximum Gasteiger partial charge on any atom is 0.268 e. The van der Waals surface area contributed by atoms with Crippen LogP contribution in [-0.4, -0.2) is 15.2 Å². The number of nitrogens with zero attached hydrogens (tertiary/aromatic N) is 2. The highest BCUT2D eigenvalue weighted by Gasteiger charge is 2.21. The van der Waals surface area contributed by atoms with Crippen LogP contribution in [0.15, 0.2) is 6.20 Å². The van der Waals surface area contributed by atoms with E-state index >= 15 is 0 Å². The number of hydrogen-bond donors (Lipinski definition) is 2. The highest BCUT2D eigenvalue weighted by atomic mass is 19.3. The molecule has 6 heteroatoms. The summed E-state index contributed by atoms with van der Waals surface area (Å²) in [5.74, 6) is -0.742. The summed E-state index contributed by atoms with van der Waals surface area (Å²) < 4.78 is 24.7. The van der Waals surface area contributed by atoms with Crippen molar-refractivity contribution in [1.29, 1.82) is 5.26 Å². The molecule has 14 heavy (non-hydrogen) atoms. The maximum absolute atomic E-state index is 12.4. The molecule has 0 bridgehead atoms. The Hall–Kier alpha value is -1.74. The standard InChI is InChI=1S/C8H6F2N2O2/c9-8(10)7-4(1-11)5(3-13)12-2-6(7)14/h2,8,13-14H,3H2. The molecule has 0 aliphatic heterocycles. The number of hydrogen-bond acceptors (Lipinski definition) is 4. The second-order valence-corrected chi connectivity index (χ2v) is 2.45. The van der Waals surface area contributed by atoms with E-state index in [0.717, 1.165) is 6.20 Å². The van der Waals surface area contributed by atoms with E-state index in [9.17, 15) is 8.78 Å². The number of aromatic hydroxyl groups is 1. The van der Waals surface area contributed by atoms with Gasteiger partial charge in [-0.2, -0.15) is 5.26 Å². The SMILES string of the molecule is N#Cc1c(CO)ncc(O)c1C(F)F. The van der Waals surface area contributed by atoms with Gasteiger partial charge in [-0.1, -0.05) is 0 Å². The molecule has 0 atom stereocenters. The first-order chi connectivity index (χ1) is 6.61. The molecule has 1 rings (SSSR count). The van der Waals surface area contributed by atoms with Gasteiger partial charge in [0.1, 0.15) is 11.8 Å². The second kappa shape index (κ2) is 3.98. The molecule has 0 aliphatic carbocycles. The van der Waals surface area contributed by atoms with Gasteiger partial charge in [-0.3, -0.25) is 4.98 Å². The molecule has 0 saturated carbocycles. The van der Waals surface area contributed by atoms with Gasteiger partial charge < -0.3 is 10.2 Å². The van der Waals surface area contributed by atoms with E-state index in [4.69, 9.17) is 15.5 Å². The molecule has 0 spiro atoms. The summed E-state index contributed by atoms with van der Waals surface area (Å²) in [5.41, 5.74) is -1.42. The van der Waals surface area contributed by atoms with E-state index < -0.39 is 29.9 Å². The van der Waals surface area contributed by atoms with Crippen molar-refractivity contribution in [3.63, 3.8) is 0 Å². The van der Waals surface area contributed by atoms with Crippen LogP contribution in [0.2, 0.25) is 0 Å². The molecule has 0 radical (unpaired) electrons. The molecular formula is C8H6F2N2O2. The Morgan fingerprint density at radius 2 is 2.21 bits per heavy atom. The van der Waals surface area contributed by atoms with Crippen molar-refractivity contribution in [3.8, 4) is 11.8 Å². The minimum absolute atomic E-state index is 0.166. The molecule has 4 nitrogen and oxygen atoms in total. The van der Waals surface area contributed by atoms with E-state index in [2.05, 4.69) is 4.98 Å². The Kier molecular flexibility index (Phi) is 2.94. The van der Waals surface area contributed by atoms with Crippen molar-refractivity contribution < 1.29 is 19.0 Å². The van der Waals surface area contributed by atoms with Gasteiger partial charge in [0.05, 0.1) is 29.6 Å². The third-order valence-electron chi connectivity index (χ3n) is 1.66. The van der Waals surface area contributed by atoms with E-state index in [1.54, 1.807) is 0 Å². The molecule has 0 saturated heterocycles. The van der Waals surface area contributed by atoms with Gasteiger partial charge in [0.2, 0.25) is 0 Å². The van der Waals surface area contributed by atoms with E-state index in [0.29, 0.717) is 0 Å². The van der Waals surface area contributed by atoms with Crippen LogP contribution < -0.4 is 0 Å². The third-order valence-corrected chi connectivity index (χ3v) is 1.66. The van der Waals surface area contributed by atoms with Crippen molar-refractivity contribution in [2.45, 2.75) is 13.0 Å². The fourth-order valence-corrected chi connectivity index (χ4v) is 1.02. The van der Waals surface area contributed by atoms with Crippen molar-refractivity contribution in [2.75, 3.05) is 0 Å². The molecule has 74 valence electrons. The number of rotatable bonds is 2. The number of halogens is 2. The zero-order chi connectivity index (χ0) is 10.7. The Balaban J connectivity index is 3.45. The summed E-state index contributed by atoms with van der Waals surface area (Å²) in [6.07, 6.45) is -2.19. The molecule has 1 aromatic heterocycles. The molecule has 1 heterocycles. The fourth-order valence-electron chi connectivity index (χ4n) is 1.02. The Morgan fingerprint density at radius 3 is 2.64 bits per heavy atom. The number of nitriles is 1. The number of pyridine rings is 1. The molecule has 0 amide bonds. The molecule has 0 aromatic carbocycles. The van der Waals surface area contributed by atoms with E-state index in [1.165, 1.54) is 6.07 Å². The molecule has 0 unspecified atom stereocenters. The van der Waals surface area contributed by atoms with Gasteiger partial charge in [-0.15, -0.1) is 0 Å². The zero-order valence-corrected chi connectivity index (χ0v) is 6.91. The lowest BCUT2D eigenvalue weighted by Gasteiger charge is -2.07. The average Bonchev–Trinajstić information content (AvgIpc) is 2.16. The number of alkyl halides is 2. The number of aromatic nitrogens is 1. The van der Waals surface area contributed by atoms with E-state index in [-0.39, 0.29) is 5.69 Å². The van der Waals surface area contributed by atoms with Gasteiger partial charge in [-0.25, -0.2) is 8.78 Å². The first-order valence-corrected chi connectivity index (χ1v) is 3.61. The van der Waals surface area contributed by atoms with Gasteiger partial charge in [0.15, 0.2) is 0 Å². The monoisotopic (exact) mass is 200 g/mol. The van der Waals surface area contributed by atoms with Crippen LogP contribution in [0.3, 0.4) is 0 Å². The van der Waals surface area contributed by atoms with Crippen LogP contribution in [0.4, 0.5) is 8.78 Å². The van der Waals surface area contributed by atoms with Crippen LogP contribution in [0.5, 0.6) is 5.75 Å². The third kappa shape index (κ3) is 1.63. The summed E-state index contributed by atoms with van der Waals surface area (Å²) in [4.78, 5) is 3.45. The summed E-state index contributed by atoms with van der Waals surface area (Å²) in [6, 6.07) is 1.47. The minimum Gasteiger partial charge on any atom is -0.506 e. The lowest BCUT2D eigenvalue weighted by Crippen LogP contribution is -2.00. The smallest absolute Gasteiger partial charge is 0.268 e. The van der Waals surface area contributed by atoms with Crippen LogP contribution in [0, 0.1) is 11.3 Å². The average molecular weight is 200 g/mol. The number of aliphatic hydroxyl groups excluding tert-OH is 1. The van der Waals surface area contributed by atoms with Crippen LogP contribution in [0.25, 0.3) is 0 Å². The van der Waals surface area contributed by atoms with Crippen LogP contribution >= 0.6 is 0 Å². The summed E-state index contributed by atoms with van der Waals surface area (Å²) >= 11 is 0. The van der Waals surface area contributed by atoms with Crippen molar-refractivity contribution in [3.05, 3.63) is 23.0 Å². The lowest BCUT2D eigenvalue weighted by atomic mass is 10.1. The predicted molar refractivity (Wildman–Crippen MR) is 41.5 cm³/mol. The van der Waals surface area contributed by atoms with Gasteiger partial charge in [-0.05, 0) is 0 Å². The van der Waals surface area contributed by atoms with E-state index in [1.807, 2.05) is 0 Å². The fraction of sp³-hybridized carbons (Fsp3) is 0.250. The molecule has 2 N–H and O–H groups in total. The molecular weight excluding hydrogens is 194 g/mol. The first-order valence-electron chi connectivity index (χ1n) is 3.61. The van der Waals surface area contributed by atoms with Gasteiger partial charge in [0, 0.05) is 0 Å². The highest BCUT2D eigenvalue weighted by Crippen LogP contribution is 2.31. The predicted octanol–water partition coefficient (Wildman–Crippen LogP) is 1.09. The maximum atomic E-state index is 12.4. The quantitative estimate of drug-likeness (QED) is 0.749. The zero-order valence-electron chi connectivity index (χ0n) is 6.91. The normalized spacial score (nSPS) is 10.2. The van der Waals surface area contributed by atoms with Crippen molar-refractivity contribution in [2.24, 2.45) is 0 Å². The van der Waals surface area contributed by atoms with Crippen LogP contribution in [-0.2, 0) is 6.61 Å². The molecule has 1 aromatic rings.